The van der Waals surface area contributed by atoms with Gasteiger partial charge in [0.2, 0.25) is 15.9 Å². The molecule has 150 valence electrons. The van der Waals surface area contributed by atoms with Gasteiger partial charge in [0.1, 0.15) is 5.75 Å². The quantitative estimate of drug-likeness (QED) is 0.470. The summed E-state index contributed by atoms with van der Waals surface area (Å²) in [6.07, 6.45) is 6.30. The standard InChI is InChI=1S/C21H26N2O4S/c1-3-4-14-27-20-7-5-6-18(15-20)16-22-21(24)13-10-17-8-11-19(12-9-17)23-28(2,25)26/h5-13,15,23H,3-4,14,16H2,1-2H3,(H,22,24)/b13-10+. The van der Waals surface area contributed by atoms with Crippen molar-refractivity contribution in [2.24, 2.45) is 0 Å². The molecule has 0 unspecified atom stereocenters. The van der Waals surface area contributed by atoms with Gasteiger partial charge in [0.25, 0.3) is 0 Å². The van der Waals surface area contributed by atoms with Crippen molar-refractivity contribution < 1.29 is 17.9 Å². The highest BCUT2D eigenvalue weighted by molar-refractivity contribution is 7.92. The van der Waals surface area contributed by atoms with E-state index in [1.807, 2.05) is 24.3 Å². The maximum atomic E-state index is 12.0. The maximum Gasteiger partial charge on any atom is 0.244 e. The van der Waals surface area contributed by atoms with E-state index in [0.29, 0.717) is 18.8 Å². The van der Waals surface area contributed by atoms with Crippen molar-refractivity contribution in [1.29, 1.82) is 0 Å². The van der Waals surface area contributed by atoms with Gasteiger partial charge in [-0.15, -0.1) is 0 Å². The third kappa shape index (κ3) is 8.26. The average molecular weight is 403 g/mol. The van der Waals surface area contributed by atoms with Crippen LogP contribution in [0.2, 0.25) is 0 Å². The highest BCUT2D eigenvalue weighted by atomic mass is 32.2. The Labute approximate surface area is 166 Å². The highest BCUT2D eigenvalue weighted by Crippen LogP contribution is 2.14. The van der Waals surface area contributed by atoms with Gasteiger partial charge in [0.05, 0.1) is 12.9 Å². The van der Waals surface area contributed by atoms with E-state index in [2.05, 4.69) is 17.0 Å². The summed E-state index contributed by atoms with van der Waals surface area (Å²) in [7, 11) is -3.30. The van der Waals surface area contributed by atoms with Crippen molar-refractivity contribution in [2.75, 3.05) is 17.6 Å². The molecule has 0 aliphatic rings. The number of carbonyl (C=O) groups is 1. The zero-order chi connectivity index (χ0) is 20.4. The number of nitrogens with one attached hydrogen (secondary N) is 2. The number of amides is 1. The molecule has 0 saturated heterocycles. The van der Waals surface area contributed by atoms with Gasteiger partial charge in [0, 0.05) is 18.3 Å². The van der Waals surface area contributed by atoms with Gasteiger partial charge in [-0.3, -0.25) is 9.52 Å². The van der Waals surface area contributed by atoms with E-state index >= 15 is 0 Å². The highest BCUT2D eigenvalue weighted by Gasteiger charge is 2.02. The van der Waals surface area contributed by atoms with Gasteiger partial charge in [0.15, 0.2) is 0 Å². The average Bonchev–Trinajstić information content (AvgIpc) is 2.65. The molecular formula is C21H26N2O4S. The van der Waals surface area contributed by atoms with Crippen LogP contribution in [-0.2, 0) is 21.4 Å². The lowest BCUT2D eigenvalue weighted by Gasteiger charge is -2.08. The van der Waals surface area contributed by atoms with Crippen LogP contribution >= 0.6 is 0 Å². The number of anilines is 1. The van der Waals surface area contributed by atoms with Gasteiger partial charge in [-0.2, -0.15) is 0 Å². The number of hydrogen-bond acceptors (Lipinski definition) is 4. The molecule has 2 aromatic rings. The van der Waals surface area contributed by atoms with Gasteiger partial charge >= 0.3 is 0 Å². The van der Waals surface area contributed by atoms with E-state index in [1.165, 1.54) is 6.08 Å². The lowest BCUT2D eigenvalue weighted by atomic mass is 10.2. The van der Waals surface area contributed by atoms with E-state index in [4.69, 9.17) is 4.74 Å². The fourth-order valence-electron chi connectivity index (χ4n) is 2.38. The molecule has 2 N–H and O–H groups in total. The minimum Gasteiger partial charge on any atom is -0.494 e. The van der Waals surface area contributed by atoms with Gasteiger partial charge in [-0.05, 0) is 47.9 Å². The Morgan fingerprint density at radius 3 is 2.57 bits per heavy atom. The van der Waals surface area contributed by atoms with Crippen LogP contribution in [0.3, 0.4) is 0 Å². The maximum absolute atomic E-state index is 12.0. The monoisotopic (exact) mass is 402 g/mol. The Morgan fingerprint density at radius 1 is 1.14 bits per heavy atom. The van der Waals surface area contributed by atoms with Crippen molar-refractivity contribution >= 4 is 27.7 Å². The first-order valence-corrected chi connectivity index (χ1v) is 11.0. The first kappa shape index (κ1) is 21.5. The fourth-order valence-corrected chi connectivity index (χ4v) is 2.94. The van der Waals surface area contributed by atoms with Crippen LogP contribution in [0.1, 0.15) is 30.9 Å². The van der Waals surface area contributed by atoms with Crippen LogP contribution in [0.25, 0.3) is 6.08 Å². The Hall–Kier alpha value is -2.80. The molecule has 0 aromatic heterocycles. The molecule has 1 amide bonds. The lowest BCUT2D eigenvalue weighted by Crippen LogP contribution is -2.20. The molecule has 6 nitrogen and oxygen atoms in total. The SMILES string of the molecule is CCCCOc1cccc(CNC(=O)/C=C/c2ccc(NS(C)(=O)=O)cc2)c1. The first-order chi connectivity index (χ1) is 13.4. The second kappa shape index (κ2) is 10.5. The third-order valence-electron chi connectivity index (χ3n) is 3.77. The van der Waals surface area contributed by atoms with Crippen LogP contribution in [0.5, 0.6) is 5.75 Å². The largest absolute Gasteiger partial charge is 0.494 e. The van der Waals surface area contributed by atoms with Crippen LogP contribution < -0.4 is 14.8 Å². The molecule has 0 saturated carbocycles. The molecule has 0 aliphatic carbocycles. The molecule has 0 spiro atoms. The fraction of sp³-hybridized carbons (Fsp3) is 0.286. The molecule has 0 bridgehead atoms. The number of rotatable bonds is 10. The van der Waals surface area contributed by atoms with E-state index in [9.17, 15) is 13.2 Å². The Balaban J connectivity index is 1.84. The number of sulfonamides is 1. The van der Waals surface area contributed by atoms with E-state index in [-0.39, 0.29) is 5.91 Å². The summed E-state index contributed by atoms with van der Waals surface area (Å²) in [6.45, 7) is 3.21. The lowest BCUT2D eigenvalue weighted by molar-refractivity contribution is -0.116. The summed E-state index contributed by atoms with van der Waals surface area (Å²) >= 11 is 0. The second-order valence-electron chi connectivity index (χ2n) is 6.40. The van der Waals surface area contributed by atoms with Crippen molar-refractivity contribution in [3.05, 3.63) is 65.7 Å². The minimum absolute atomic E-state index is 0.212. The molecule has 28 heavy (non-hydrogen) atoms. The summed E-state index contributed by atoms with van der Waals surface area (Å²) in [4.78, 5) is 12.0. The number of hydrogen-bond donors (Lipinski definition) is 2. The smallest absolute Gasteiger partial charge is 0.244 e. The van der Waals surface area contributed by atoms with Crippen LogP contribution in [0, 0.1) is 0 Å². The van der Waals surface area contributed by atoms with Crippen molar-refractivity contribution in [3.8, 4) is 5.75 Å². The van der Waals surface area contributed by atoms with E-state index in [1.54, 1.807) is 30.3 Å². The predicted octanol–water partition coefficient (Wildman–Crippen LogP) is 3.57. The summed E-state index contributed by atoms with van der Waals surface area (Å²) in [5.74, 6) is 0.592. The molecule has 0 aliphatic heterocycles. The normalized spacial score (nSPS) is 11.4. The van der Waals surface area contributed by atoms with E-state index < -0.39 is 10.0 Å². The van der Waals surface area contributed by atoms with Crippen LogP contribution in [-0.4, -0.2) is 27.2 Å². The summed E-state index contributed by atoms with van der Waals surface area (Å²) in [5, 5.41) is 2.83. The third-order valence-corrected chi connectivity index (χ3v) is 4.38. The van der Waals surface area contributed by atoms with Crippen molar-refractivity contribution in [3.63, 3.8) is 0 Å². The molecule has 7 heteroatoms. The van der Waals surface area contributed by atoms with Gasteiger partial charge in [-0.25, -0.2) is 8.42 Å². The molecule has 0 radical (unpaired) electrons. The second-order valence-corrected chi connectivity index (χ2v) is 8.15. The Morgan fingerprint density at radius 2 is 1.89 bits per heavy atom. The van der Waals surface area contributed by atoms with Crippen molar-refractivity contribution in [2.45, 2.75) is 26.3 Å². The Kier molecular flexibility index (Phi) is 8.07. The number of benzene rings is 2. The van der Waals surface area contributed by atoms with Crippen LogP contribution in [0.4, 0.5) is 5.69 Å². The van der Waals surface area contributed by atoms with E-state index in [0.717, 1.165) is 36.0 Å². The van der Waals surface area contributed by atoms with Crippen LogP contribution in [0.15, 0.2) is 54.6 Å². The number of carbonyl (C=O) groups excluding carboxylic acids is 1. The number of ether oxygens (including phenoxy) is 1. The number of unbranched alkanes of at least 4 members (excludes halogenated alkanes) is 1. The van der Waals surface area contributed by atoms with Gasteiger partial charge in [-0.1, -0.05) is 37.6 Å². The minimum atomic E-state index is -3.30. The predicted molar refractivity (Wildman–Crippen MR) is 113 cm³/mol. The summed E-state index contributed by atoms with van der Waals surface area (Å²) in [6, 6.07) is 14.4. The van der Waals surface area contributed by atoms with Gasteiger partial charge < -0.3 is 10.1 Å². The molecule has 0 atom stereocenters. The molecule has 2 aromatic carbocycles. The molecule has 0 fully saturated rings. The molecule has 2 rings (SSSR count). The Bertz CT molecular complexity index is 906. The first-order valence-electron chi connectivity index (χ1n) is 9.11. The molecule has 0 heterocycles. The zero-order valence-corrected chi connectivity index (χ0v) is 17.0. The zero-order valence-electron chi connectivity index (χ0n) is 16.1. The molecular weight excluding hydrogens is 376 g/mol. The summed E-state index contributed by atoms with van der Waals surface area (Å²) in [5.41, 5.74) is 2.23. The summed E-state index contributed by atoms with van der Waals surface area (Å²) < 4.78 is 30.4. The topological polar surface area (TPSA) is 84.5 Å². The van der Waals surface area contributed by atoms with Crippen molar-refractivity contribution in [1.82, 2.24) is 5.32 Å².